The summed E-state index contributed by atoms with van der Waals surface area (Å²) in [5, 5.41) is 3.61. The van der Waals surface area contributed by atoms with Crippen molar-refractivity contribution in [2.24, 2.45) is 0 Å². The second-order valence-corrected chi connectivity index (χ2v) is 5.44. The molecule has 0 aliphatic heterocycles. The van der Waals surface area contributed by atoms with E-state index >= 15 is 0 Å². The Morgan fingerprint density at radius 1 is 1.19 bits per heavy atom. The second-order valence-electron chi connectivity index (χ2n) is 4.20. The summed E-state index contributed by atoms with van der Waals surface area (Å²) in [5.74, 6) is 0. The monoisotopic (exact) mass is 332 g/mol. The van der Waals surface area contributed by atoms with Crippen LogP contribution in [0.25, 0.3) is 0 Å². The largest absolute Gasteiger partial charge is 0.397 e. The lowest BCUT2D eigenvalue weighted by Gasteiger charge is -2.33. The molecule has 1 aromatic rings. The minimum atomic E-state index is 0.181. The Bertz CT molecular complexity index is 338. The SMILES string of the molecule is CCC(CC)(CC)Nc1ccc(I)cc1N. The Hall–Kier alpha value is -0.450. The van der Waals surface area contributed by atoms with Crippen LogP contribution in [-0.4, -0.2) is 5.54 Å². The van der Waals surface area contributed by atoms with Crippen LogP contribution in [0.2, 0.25) is 0 Å². The Kier molecular flexibility index (Phi) is 4.89. The van der Waals surface area contributed by atoms with Crippen molar-refractivity contribution in [2.45, 2.75) is 45.6 Å². The molecule has 0 saturated carbocycles. The van der Waals surface area contributed by atoms with Crippen LogP contribution in [-0.2, 0) is 0 Å². The molecule has 90 valence electrons. The number of benzene rings is 1. The molecular formula is C13H21IN2. The predicted molar refractivity (Wildman–Crippen MR) is 80.8 cm³/mol. The Morgan fingerprint density at radius 3 is 2.19 bits per heavy atom. The van der Waals surface area contributed by atoms with Crippen molar-refractivity contribution in [1.82, 2.24) is 0 Å². The van der Waals surface area contributed by atoms with E-state index in [0.29, 0.717) is 0 Å². The molecule has 16 heavy (non-hydrogen) atoms. The summed E-state index contributed by atoms with van der Waals surface area (Å²) in [4.78, 5) is 0. The van der Waals surface area contributed by atoms with Gasteiger partial charge in [0.2, 0.25) is 0 Å². The van der Waals surface area contributed by atoms with Gasteiger partial charge in [0.15, 0.2) is 0 Å². The van der Waals surface area contributed by atoms with E-state index in [2.05, 4.69) is 60.8 Å². The topological polar surface area (TPSA) is 38.0 Å². The summed E-state index contributed by atoms with van der Waals surface area (Å²) >= 11 is 2.28. The van der Waals surface area contributed by atoms with Crippen molar-refractivity contribution >= 4 is 34.0 Å². The third kappa shape index (κ3) is 3.03. The quantitative estimate of drug-likeness (QED) is 0.625. The summed E-state index contributed by atoms with van der Waals surface area (Å²) in [6.45, 7) is 6.68. The van der Waals surface area contributed by atoms with Gasteiger partial charge in [-0.15, -0.1) is 0 Å². The second kappa shape index (κ2) is 5.75. The molecule has 0 spiro atoms. The molecule has 0 aliphatic carbocycles. The molecule has 0 amide bonds. The van der Waals surface area contributed by atoms with Gasteiger partial charge < -0.3 is 11.1 Å². The van der Waals surface area contributed by atoms with Gasteiger partial charge in [0.25, 0.3) is 0 Å². The number of hydrogen-bond donors (Lipinski definition) is 2. The van der Waals surface area contributed by atoms with Crippen LogP contribution >= 0.6 is 22.6 Å². The fourth-order valence-electron chi connectivity index (χ4n) is 1.95. The molecular weight excluding hydrogens is 311 g/mol. The number of halogens is 1. The average Bonchev–Trinajstić information content (AvgIpc) is 2.29. The third-order valence-electron chi connectivity index (χ3n) is 3.44. The highest BCUT2D eigenvalue weighted by Gasteiger charge is 2.23. The van der Waals surface area contributed by atoms with Crippen molar-refractivity contribution in [3.63, 3.8) is 0 Å². The van der Waals surface area contributed by atoms with Crippen LogP contribution in [0.5, 0.6) is 0 Å². The average molecular weight is 332 g/mol. The van der Waals surface area contributed by atoms with Crippen molar-refractivity contribution in [3.8, 4) is 0 Å². The first-order valence-electron chi connectivity index (χ1n) is 5.90. The minimum absolute atomic E-state index is 0.181. The van der Waals surface area contributed by atoms with E-state index in [1.54, 1.807) is 0 Å². The van der Waals surface area contributed by atoms with Crippen molar-refractivity contribution < 1.29 is 0 Å². The molecule has 2 nitrogen and oxygen atoms in total. The van der Waals surface area contributed by atoms with Gasteiger partial charge in [0.1, 0.15) is 0 Å². The maximum Gasteiger partial charge on any atom is 0.0578 e. The van der Waals surface area contributed by atoms with Crippen LogP contribution in [0.1, 0.15) is 40.0 Å². The number of nitrogens with one attached hydrogen (secondary N) is 1. The highest BCUT2D eigenvalue weighted by Crippen LogP contribution is 2.29. The molecule has 0 unspecified atom stereocenters. The zero-order chi connectivity index (χ0) is 12.2. The van der Waals surface area contributed by atoms with Crippen LogP contribution in [0.15, 0.2) is 18.2 Å². The summed E-state index contributed by atoms with van der Waals surface area (Å²) in [6.07, 6.45) is 3.35. The molecule has 0 aromatic heterocycles. The van der Waals surface area contributed by atoms with E-state index in [4.69, 9.17) is 5.73 Å². The van der Waals surface area contributed by atoms with Crippen molar-refractivity contribution in [2.75, 3.05) is 11.1 Å². The van der Waals surface area contributed by atoms with E-state index in [0.717, 1.165) is 30.6 Å². The van der Waals surface area contributed by atoms with Gasteiger partial charge in [0.05, 0.1) is 11.4 Å². The molecule has 3 N–H and O–H groups in total. The zero-order valence-electron chi connectivity index (χ0n) is 10.3. The van der Waals surface area contributed by atoms with E-state index in [1.165, 1.54) is 3.57 Å². The Morgan fingerprint density at radius 2 is 1.75 bits per heavy atom. The lowest BCUT2D eigenvalue weighted by atomic mass is 9.89. The van der Waals surface area contributed by atoms with Crippen molar-refractivity contribution in [3.05, 3.63) is 21.8 Å². The number of hydrogen-bond acceptors (Lipinski definition) is 2. The predicted octanol–water partition coefficient (Wildman–Crippen LogP) is 4.25. The van der Waals surface area contributed by atoms with E-state index in [9.17, 15) is 0 Å². The Labute approximate surface area is 112 Å². The lowest BCUT2D eigenvalue weighted by molar-refractivity contribution is 0.420. The van der Waals surface area contributed by atoms with Crippen LogP contribution < -0.4 is 11.1 Å². The smallest absolute Gasteiger partial charge is 0.0578 e. The molecule has 0 heterocycles. The van der Waals surface area contributed by atoms with Gasteiger partial charge >= 0.3 is 0 Å². The first-order chi connectivity index (χ1) is 7.56. The highest BCUT2D eigenvalue weighted by molar-refractivity contribution is 14.1. The van der Waals surface area contributed by atoms with E-state index in [-0.39, 0.29) is 5.54 Å². The molecule has 1 aromatic carbocycles. The summed E-state index contributed by atoms with van der Waals surface area (Å²) < 4.78 is 1.18. The maximum absolute atomic E-state index is 6.03. The maximum atomic E-state index is 6.03. The summed E-state index contributed by atoms with van der Waals surface area (Å²) in [5.41, 5.74) is 8.11. The molecule has 0 bridgehead atoms. The molecule has 1 rings (SSSR count). The van der Waals surface area contributed by atoms with Gasteiger partial charge in [0, 0.05) is 9.11 Å². The highest BCUT2D eigenvalue weighted by atomic mass is 127. The molecule has 0 aliphatic rings. The normalized spacial score (nSPS) is 11.5. The zero-order valence-corrected chi connectivity index (χ0v) is 12.5. The van der Waals surface area contributed by atoms with E-state index < -0.39 is 0 Å². The van der Waals surface area contributed by atoms with Crippen molar-refractivity contribution in [1.29, 1.82) is 0 Å². The van der Waals surface area contributed by atoms with Crippen LogP contribution in [0.4, 0.5) is 11.4 Å². The van der Waals surface area contributed by atoms with Gasteiger partial charge in [-0.1, -0.05) is 20.8 Å². The number of anilines is 2. The van der Waals surface area contributed by atoms with E-state index in [1.807, 2.05) is 6.07 Å². The Balaban J connectivity index is 2.93. The lowest BCUT2D eigenvalue weighted by Crippen LogP contribution is -2.36. The summed E-state index contributed by atoms with van der Waals surface area (Å²) in [6, 6.07) is 6.17. The molecule has 0 radical (unpaired) electrons. The van der Waals surface area contributed by atoms with Gasteiger partial charge in [-0.2, -0.15) is 0 Å². The van der Waals surface area contributed by atoms with Gasteiger partial charge in [-0.25, -0.2) is 0 Å². The third-order valence-corrected chi connectivity index (χ3v) is 4.11. The molecule has 0 atom stereocenters. The fraction of sp³-hybridized carbons (Fsp3) is 0.538. The minimum Gasteiger partial charge on any atom is -0.397 e. The van der Waals surface area contributed by atoms with Crippen LogP contribution in [0.3, 0.4) is 0 Å². The molecule has 3 heteroatoms. The number of nitrogens with two attached hydrogens (primary N) is 1. The fourth-order valence-corrected chi connectivity index (χ4v) is 2.46. The number of rotatable bonds is 5. The molecule has 0 fully saturated rings. The van der Waals surface area contributed by atoms with Crippen LogP contribution in [0, 0.1) is 3.57 Å². The molecule has 0 saturated heterocycles. The number of nitrogen functional groups attached to an aromatic ring is 1. The summed E-state index contributed by atoms with van der Waals surface area (Å²) in [7, 11) is 0. The first kappa shape index (κ1) is 13.6. The van der Waals surface area contributed by atoms with Gasteiger partial charge in [-0.05, 0) is 60.1 Å². The van der Waals surface area contributed by atoms with Gasteiger partial charge in [-0.3, -0.25) is 0 Å². The first-order valence-corrected chi connectivity index (χ1v) is 6.98. The standard InChI is InChI=1S/C13H21IN2/c1-4-13(5-2,6-3)16-12-8-7-10(14)9-11(12)15/h7-9,16H,4-6,15H2,1-3H3.